The van der Waals surface area contributed by atoms with Crippen LogP contribution in [-0.2, 0) is 0 Å². The second kappa shape index (κ2) is 6.91. The van der Waals surface area contributed by atoms with E-state index in [1.807, 2.05) is 0 Å². The maximum atomic E-state index is 6.55. The summed E-state index contributed by atoms with van der Waals surface area (Å²) in [5.74, 6) is 0. The number of hydrogen-bond acceptors (Lipinski definition) is 3. The van der Waals surface area contributed by atoms with Gasteiger partial charge in [0.05, 0.1) is 0 Å². The van der Waals surface area contributed by atoms with E-state index in [-0.39, 0.29) is 11.6 Å². The van der Waals surface area contributed by atoms with Crippen LogP contribution in [0, 0.1) is 0 Å². The fraction of sp³-hybridized carbons (Fsp3) is 0.667. The molecule has 0 saturated carbocycles. The molecule has 2 atom stereocenters. The summed E-state index contributed by atoms with van der Waals surface area (Å²) in [6.07, 6.45) is 1.10. The Morgan fingerprint density at radius 3 is 2.10 bits per heavy atom. The minimum atomic E-state index is 0.109. The molecular formula is C18H31N3. The third kappa shape index (κ3) is 4.06. The van der Waals surface area contributed by atoms with Gasteiger partial charge in [0.1, 0.15) is 0 Å². The number of nitrogens with zero attached hydrogens (tertiary/aromatic N) is 2. The Morgan fingerprint density at radius 1 is 1.05 bits per heavy atom. The number of hydrogen-bond donors (Lipinski definition) is 1. The summed E-state index contributed by atoms with van der Waals surface area (Å²) in [6, 6.07) is 11.1. The molecule has 3 heteroatoms. The fourth-order valence-electron chi connectivity index (χ4n) is 3.36. The molecular weight excluding hydrogens is 258 g/mol. The van der Waals surface area contributed by atoms with E-state index in [9.17, 15) is 0 Å². The molecule has 0 spiro atoms. The average Bonchev–Trinajstić information content (AvgIpc) is 2.48. The summed E-state index contributed by atoms with van der Waals surface area (Å²) in [7, 11) is 0. The van der Waals surface area contributed by atoms with E-state index in [1.54, 1.807) is 0 Å². The summed E-state index contributed by atoms with van der Waals surface area (Å²) in [5.41, 5.74) is 8.07. The van der Waals surface area contributed by atoms with E-state index < -0.39 is 0 Å². The number of benzene rings is 1. The van der Waals surface area contributed by atoms with Crippen LogP contribution in [0.1, 0.15) is 45.7 Å². The standard InChI is InChI=1S/C18H31N3/c1-5-16(17(19)15-9-7-6-8-10-15)20-11-13-21(14-12-20)18(2,3)4/h6-10,16-17H,5,11-14,19H2,1-4H3. The van der Waals surface area contributed by atoms with E-state index in [4.69, 9.17) is 5.73 Å². The van der Waals surface area contributed by atoms with E-state index >= 15 is 0 Å². The molecule has 0 bridgehead atoms. The highest BCUT2D eigenvalue weighted by Crippen LogP contribution is 2.24. The second-order valence-corrected chi connectivity index (χ2v) is 7.11. The van der Waals surface area contributed by atoms with Crippen LogP contribution in [0.2, 0.25) is 0 Å². The van der Waals surface area contributed by atoms with Crippen LogP contribution in [0.25, 0.3) is 0 Å². The predicted molar refractivity (Wildman–Crippen MR) is 90.3 cm³/mol. The first-order chi connectivity index (χ1) is 9.93. The lowest BCUT2D eigenvalue weighted by molar-refractivity contribution is 0.0349. The maximum absolute atomic E-state index is 6.55. The van der Waals surface area contributed by atoms with Gasteiger partial charge in [-0.15, -0.1) is 0 Å². The van der Waals surface area contributed by atoms with Crippen LogP contribution < -0.4 is 5.73 Å². The molecule has 1 aromatic rings. The van der Waals surface area contributed by atoms with Gasteiger partial charge in [-0.25, -0.2) is 0 Å². The van der Waals surface area contributed by atoms with Gasteiger partial charge in [0.15, 0.2) is 0 Å². The lowest BCUT2D eigenvalue weighted by Crippen LogP contribution is -2.57. The fourth-order valence-corrected chi connectivity index (χ4v) is 3.36. The Hall–Kier alpha value is -0.900. The van der Waals surface area contributed by atoms with Gasteiger partial charge in [-0.3, -0.25) is 9.80 Å². The SMILES string of the molecule is CCC(C(N)c1ccccc1)N1CCN(C(C)(C)C)CC1. The van der Waals surface area contributed by atoms with Gasteiger partial charge < -0.3 is 5.73 Å². The zero-order valence-corrected chi connectivity index (χ0v) is 14.0. The molecule has 0 amide bonds. The first kappa shape index (κ1) is 16.5. The van der Waals surface area contributed by atoms with Crippen molar-refractivity contribution < 1.29 is 0 Å². The third-order valence-electron chi connectivity index (χ3n) is 4.75. The minimum Gasteiger partial charge on any atom is -0.323 e. The molecule has 1 heterocycles. The van der Waals surface area contributed by atoms with Crippen molar-refractivity contribution in [1.29, 1.82) is 0 Å². The average molecular weight is 289 g/mol. The number of piperazine rings is 1. The summed E-state index contributed by atoms with van der Waals surface area (Å²) in [6.45, 7) is 13.7. The van der Waals surface area contributed by atoms with Crippen LogP contribution in [0.4, 0.5) is 0 Å². The molecule has 2 N–H and O–H groups in total. The molecule has 21 heavy (non-hydrogen) atoms. The van der Waals surface area contributed by atoms with Gasteiger partial charge in [-0.2, -0.15) is 0 Å². The maximum Gasteiger partial charge on any atom is 0.0453 e. The van der Waals surface area contributed by atoms with Gasteiger partial charge in [0.25, 0.3) is 0 Å². The molecule has 0 aromatic heterocycles. The Morgan fingerprint density at radius 2 is 1.62 bits per heavy atom. The van der Waals surface area contributed by atoms with Gasteiger partial charge >= 0.3 is 0 Å². The number of rotatable bonds is 4. The van der Waals surface area contributed by atoms with E-state index in [1.165, 1.54) is 5.56 Å². The van der Waals surface area contributed by atoms with Crippen molar-refractivity contribution in [3.63, 3.8) is 0 Å². The van der Waals surface area contributed by atoms with Crippen LogP contribution in [0.3, 0.4) is 0 Å². The monoisotopic (exact) mass is 289 g/mol. The van der Waals surface area contributed by atoms with Crippen LogP contribution >= 0.6 is 0 Å². The number of nitrogens with two attached hydrogens (primary N) is 1. The highest BCUT2D eigenvalue weighted by Gasteiger charge is 2.31. The van der Waals surface area contributed by atoms with Crippen molar-refractivity contribution in [1.82, 2.24) is 9.80 Å². The zero-order valence-electron chi connectivity index (χ0n) is 14.0. The van der Waals surface area contributed by atoms with E-state index in [2.05, 4.69) is 67.8 Å². The predicted octanol–water partition coefficient (Wildman–Crippen LogP) is 2.88. The van der Waals surface area contributed by atoms with Crippen molar-refractivity contribution in [2.45, 2.75) is 51.7 Å². The molecule has 1 saturated heterocycles. The molecule has 2 unspecified atom stereocenters. The normalized spacial score (nSPS) is 21.2. The molecule has 1 fully saturated rings. The first-order valence-electron chi connectivity index (χ1n) is 8.23. The molecule has 118 valence electrons. The Bertz CT molecular complexity index is 416. The third-order valence-corrected chi connectivity index (χ3v) is 4.75. The molecule has 1 aliphatic rings. The zero-order chi connectivity index (χ0) is 15.5. The van der Waals surface area contributed by atoms with Gasteiger partial charge in [0, 0.05) is 43.8 Å². The molecule has 2 rings (SSSR count). The summed E-state index contributed by atoms with van der Waals surface area (Å²) < 4.78 is 0. The Kier molecular flexibility index (Phi) is 5.42. The molecule has 1 aromatic carbocycles. The molecule has 1 aliphatic heterocycles. The van der Waals surface area contributed by atoms with Crippen molar-refractivity contribution in [2.75, 3.05) is 26.2 Å². The second-order valence-electron chi connectivity index (χ2n) is 7.11. The lowest BCUT2D eigenvalue weighted by Gasteiger charge is -2.45. The van der Waals surface area contributed by atoms with Crippen molar-refractivity contribution >= 4 is 0 Å². The smallest absolute Gasteiger partial charge is 0.0453 e. The summed E-state index contributed by atoms with van der Waals surface area (Å²) >= 11 is 0. The highest BCUT2D eigenvalue weighted by molar-refractivity contribution is 5.20. The molecule has 3 nitrogen and oxygen atoms in total. The molecule has 0 radical (unpaired) electrons. The Balaban J connectivity index is 2.00. The van der Waals surface area contributed by atoms with E-state index in [0.717, 1.165) is 32.6 Å². The van der Waals surface area contributed by atoms with Crippen molar-refractivity contribution in [3.8, 4) is 0 Å². The summed E-state index contributed by atoms with van der Waals surface area (Å²) in [5, 5.41) is 0. The lowest BCUT2D eigenvalue weighted by atomic mass is 9.95. The van der Waals surface area contributed by atoms with Gasteiger partial charge in [0.2, 0.25) is 0 Å². The van der Waals surface area contributed by atoms with Gasteiger partial charge in [-0.05, 0) is 32.8 Å². The summed E-state index contributed by atoms with van der Waals surface area (Å²) in [4.78, 5) is 5.16. The van der Waals surface area contributed by atoms with Crippen LogP contribution in [0.5, 0.6) is 0 Å². The van der Waals surface area contributed by atoms with Crippen LogP contribution in [0.15, 0.2) is 30.3 Å². The topological polar surface area (TPSA) is 32.5 Å². The quantitative estimate of drug-likeness (QED) is 0.925. The van der Waals surface area contributed by atoms with Crippen LogP contribution in [-0.4, -0.2) is 47.6 Å². The van der Waals surface area contributed by atoms with E-state index in [0.29, 0.717) is 6.04 Å². The highest BCUT2D eigenvalue weighted by atomic mass is 15.3. The molecule has 0 aliphatic carbocycles. The largest absolute Gasteiger partial charge is 0.323 e. The first-order valence-corrected chi connectivity index (χ1v) is 8.23. The van der Waals surface area contributed by atoms with Crippen molar-refractivity contribution in [3.05, 3.63) is 35.9 Å². The van der Waals surface area contributed by atoms with Crippen molar-refractivity contribution in [2.24, 2.45) is 5.73 Å². The Labute approximate surface area is 130 Å². The minimum absolute atomic E-state index is 0.109. The van der Waals surface area contributed by atoms with Gasteiger partial charge in [-0.1, -0.05) is 37.3 Å².